The highest BCUT2D eigenvalue weighted by molar-refractivity contribution is 5.64. The lowest BCUT2D eigenvalue weighted by molar-refractivity contribution is 0.355. The molecule has 0 saturated carbocycles. The molecule has 0 amide bonds. The lowest BCUT2D eigenvalue weighted by Crippen LogP contribution is -1.98. The standard InChI is InChI=1S/C20H17FN4O3/c1-26-19-8-5-14(9-20(19)27-2)17-10-16(28-23-17)11-25-12-18(22-24-25)13-3-6-15(21)7-4-13/h3-10,12H,11H2,1-2H3. The van der Waals surface area contributed by atoms with E-state index in [4.69, 9.17) is 14.0 Å². The van der Waals surface area contributed by atoms with E-state index in [1.54, 1.807) is 37.2 Å². The maximum absolute atomic E-state index is 13.1. The monoisotopic (exact) mass is 380 g/mol. The van der Waals surface area contributed by atoms with Crippen molar-refractivity contribution in [1.82, 2.24) is 20.2 Å². The van der Waals surface area contributed by atoms with Crippen LogP contribution >= 0.6 is 0 Å². The fourth-order valence-electron chi connectivity index (χ4n) is 2.81. The summed E-state index contributed by atoms with van der Waals surface area (Å²) in [5, 5.41) is 12.3. The number of hydrogen-bond donors (Lipinski definition) is 0. The maximum Gasteiger partial charge on any atom is 0.161 e. The normalized spacial score (nSPS) is 10.8. The molecule has 0 atom stereocenters. The largest absolute Gasteiger partial charge is 0.493 e. The molecule has 7 nitrogen and oxygen atoms in total. The van der Waals surface area contributed by atoms with Crippen LogP contribution in [0.1, 0.15) is 5.76 Å². The summed E-state index contributed by atoms with van der Waals surface area (Å²) in [4.78, 5) is 0. The molecule has 142 valence electrons. The molecule has 0 aliphatic heterocycles. The number of aromatic nitrogens is 4. The van der Waals surface area contributed by atoms with E-state index in [9.17, 15) is 4.39 Å². The van der Waals surface area contributed by atoms with Gasteiger partial charge in [0.25, 0.3) is 0 Å². The number of benzene rings is 2. The van der Waals surface area contributed by atoms with E-state index in [1.807, 2.05) is 24.3 Å². The number of hydrogen-bond acceptors (Lipinski definition) is 6. The summed E-state index contributed by atoms with van der Waals surface area (Å²) in [6.45, 7) is 0.370. The molecule has 4 aromatic rings. The number of ether oxygens (including phenoxy) is 2. The summed E-state index contributed by atoms with van der Waals surface area (Å²) in [6.07, 6.45) is 1.77. The maximum atomic E-state index is 13.1. The Bertz CT molecular complexity index is 1090. The van der Waals surface area contributed by atoms with Crippen molar-refractivity contribution in [3.05, 3.63) is 66.3 Å². The molecule has 0 spiro atoms. The van der Waals surface area contributed by atoms with Crippen LogP contribution in [0.4, 0.5) is 4.39 Å². The first-order valence-corrected chi connectivity index (χ1v) is 8.50. The second kappa shape index (κ2) is 7.51. The molecule has 2 aromatic carbocycles. The van der Waals surface area contributed by atoms with Gasteiger partial charge in [-0.3, -0.25) is 0 Å². The van der Waals surface area contributed by atoms with Crippen molar-refractivity contribution in [1.29, 1.82) is 0 Å². The van der Waals surface area contributed by atoms with Crippen molar-refractivity contribution in [2.75, 3.05) is 14.2 Å². The van der Waals surface area contributed by atoms with E-state index in [0.717, 1.165) is 11.1 Å². The van der Waals surface area contributed by atoms with E-state index < -0.39 is 0 Å². The molecule has 2 heterocycles. The number of nitrogens with zero attached hydrogens (tertiary/aromatic N) is 4. The van der Waals surface area contributed by atoms with Crippen LogP contribution in [-0.4, -0.2) is 34.4 Å². The number of methoxy groups -OCH3 is 2. The Morgan fingerprint density at radius 1 is 0.929 bits per heavy atom. The van der Waals surface area contributed by atoms with Crippen LogP contribution in [0.3, 0.4) is 0 Å². The topological polar surface area (TPSA) is 75.2 Å². The molecular formula is C20H17FN4O3. The third-order valence-electron chi connectivity index (χ3n) is 4.23. The van der Waals surface area contributed by atoms with Crippen LogP contribution < -0.4 is 9.47 Å². The van der Waals surface area contributed by atoms with Gasteiger partial charge in [0.1, 0.15) is 23.7 Å². The fourth-order valence-corrected chi connectivity index (χ4v) is 2.81. The zero-order valence-electron chi connectivity index (χ0n) is 15.3. The van der Waals surface area contributed by atoms with Crippen molar-refractivity contribution >= 4 is 0 Å². The molecule has 0 aliphatic carbocycles. The predicted octanol–water partition coefficient (Wildman–Crippen LogP) is 3.80. The minimum atomic E-state index is -0.291. The van der Waals surface area contributed by atoms with Gasteiger partial charge in [-0.05, 0) is 42.5 Å². The second-order valence-corrected chi connectivity index (χ2v) is 6.06. The molecule has 0 unspecified atom stereocenters. The lowest BCUT2D eigenvalue weighted by Gasteiger charge is -2.07. The number of halogens is 1. The first kappa shape index (κ1) is 17.7. The summed E-state index contributed by atoms with van der Waals surface area (Å²) >= 11 is 0. The third kappa shape index (κ3) is 3.57. The Labute approximate surface area is 160 Å². The average molecular weight is 380 g/mol. The van der Waals surface area contributed by atoms with Crippen molar-refractivity contribution < 1.29 is 18.4 Å². The summed E-state index contributed by atoms with van der Waals surface area (Å²) < 4.78 is 30.7. The average Bonchev–Trinajstić information content (AvgIpc) is 3.38. The van der Waals surface area contributed by atoms with Gasteiger partial charge in [0.15, 0.2) is 17.3 Å². The predicted molar refractivity (Wildman–Crippen MR) is 99.6 cm³/mol. The third-order valence-corrected chi connectivity index (χ3v) is 4.23. The van der Waals surface area contributed by atoms with Crippen LogP contribution in [-0.2, 0) is 6.54 Å². The molecule has 0 radical (unpaired) electrons. The Hall–Kier alpha value is -3.68. The first-order chi connectivity index (χ1) is 13.7. The van der Waals surface area contributed by atoms with Crippen molar-refractivity contribution in [3.63, 3.8) is 0 Å². The van der Waals surface area contributed by atoms with Gasteiger partial charge in [-0.25, -0.2) is 9.07 Å². The SMILES string of the molecule is COc1ccc(-c2cc(Cn3cc(-c4ccc(F)cc4)nn3)on2)cc1OC. The summed E-state index contributed by atoms with van der Waals surface area (Å²) in [6, 6.07) is 13.5. The Morgan fingerprint density at radius 3 is 2.43 bits per heavy atom. The summed E-state index contributed by atoms with van der Waals surface area (Å²) in [5.41, 5.74) is 2.96. The minimum absolute atomic E-state index is 0.291. The van der Waals surface area contributed by atoms with Gasteiger partial charge >= 0.3 is 0 Å². The van der Waals surface area contributed by atoms with Crippen LogP contribution in [0.25, 0.3) is 22.5 Å². The van der Waals surface area contributed by atoms with Gasteiger partial charge < -0.3 is 14.0 Å². The molecule has 2 aromatic heterocycles. The Balaban J connectivity index is 1.52. The highest BCUT2D eigenvalue weighted by Crippen LogP contribution is 2.32. The molecule has 0 bridgehead atoms. The molecule has 8 heteroatoms. The lowest BCUT2D eigenvalue weighted by atomic mass is 10.1. The minimum Gasteiger partial charge on any atom is -0.493 e. The first-order valence-electron chi connectivity index (χ1n) is 8.50. The van der Waals surface area contributed by atoms with E-state index in [0.29, 0.717) is 35.2 Å². The quantitative estimate of drug-likeness (QED) is 0.506. The molecule has 4 rings (SSSR count). The zero-order chi connectivity index (χ0) is 19.5. The molecule has 0 fully saturated rings. The van der Waals surface area contributed by atoms with E-state index in [1.165, 1.54) is 12.1 Å². The van der Waals surface area contributed by atoms with Gasteiger partial charge in [0.2, 0.25) is 0 Å². The zero-order valence-corrected chi connectivity index (χ0v) is 15.3. The van der Waals surface area contributed by atoms with E-state index in [2.05, 4.69) is 15.5 Å². The van der Waals surface area contributed by atoms with Crippen molar-refractivity contribution in [2.24, 2.45) is 0 Å². The van der Waals surface area contributed by atoms with Gasteiger partial charge in [-0.2, -0.15) is 0 Å². The van der Waals surface area contributed by atoms with Crippen LogP contribution in [0.2, 0.25) is 0 Å². The Kier molecular flexibility index (Phi) is 4.76. The number of rotatable bonds is 6. The van der Waals surface area contributed by atoms with Gasteiger partial charge in [0.05, 0.1) is 20.4 Å². The van der Waals surface area contributed by atoms with E-state index >= 15 is 0 Å². The smallest absolute Gasteiger partial charge is 0.161 e. The highest BCUT2D eigenvalue weighted by atomic mass is 19.1. The highest BCUT2D eigenvalue weighted by Gasteiger charge is 2.12. The van der Waals surface area contributed by atoms with Gasteiger partial charge in [-0.15, -0.1) is 5.10 Å². The van der Waals surface area contributed by atoms with Crippen molar-refractivity contribution in [2.45, 2.75) is 6.54 Å². The molecule has 28 heavy (non-hydrogen) atoms. The van der Waals surface area contributed by atoms with Crippen molar-refractivity contribution in [3.8, 4) is 34.0 Å². The Morgan fingerprint density at radius 2 is 1.68 bits per heavy atom. The fraction of sp³-hybridized carbons (Fsp3) is 0.150. The molecule has 0 aliphatic rings. The molecule has 0 saturated heterocycles. The second-order valence-electron chi connectivity index (χ2n) is 6.06. The van der Waals surface area contributed by atoms with Gasteiger partial charge in [-0.1, -0.05) is 10.4 Å². The summed E-state index contributed by atoms with van der Waals surface area (Å²) in [5.74, 6) is 1.59. The van der Waals surface area contributed by atoms with Crippen LogP contribution in [0.5, 0.6) is 11.5 Å². The molecular weight excluding hydrogens is 363 g/mol. The molecule has 0 N–H and O–H groups in total. The van der Waals surface area contributed by atoms with Crippen LogP contribution in [0, 0.1) is 5.82 Å². The summed E-state index contributed by atoms with van der Waals surface area (Å²) in [7, 11) is 3.17. The van der Waals surface area contributed by atoms with E-state index in [-0.39, 0.29) is 5.82 Å². The van der Waals surface area contributed by atoms with Gasteiger partial charge in [0, 0.05) is 17.2 Å². The van der Waals surface area contributed by atoms with Crippen LogP contribution in [0.15, 0.2) is 59.3 Å².